The molecule has 3 unspecified atom stereocenters. The van der Waals surface area contributed by atoms with Crippen LogP contribution in [0, 0.1) is 5.92 Å². The average molecular weight is 309 g/mol. The zero-order chi connectivity index (χ0) is 16.2. The van der Waals surface area contributed by atoms with Gasteiger partial charge in [-0.3, -0.25) is 0 Å². The first kappa shape index (κ1) is 16.7. The van der Waals surface area contributed by atoms with Crippen molar-refractivity contribution in [1.29, 1.82) is 0 Å². The lowest BCUT2D eigenvalue weighted by Crippen LogP contribution is -2.48. The van der Waals surface area contributed by atoms with Crippen molar-refractivity contribution < 1.29 is 24.5 Å². The molecule has 22 heavy (non-hydrogen) atoms. The highest BCUT2D eigenvalue weighted by atomic mass is 16.7. The molecule has 6 nitrogen and oxygen atoms in total. The molecule has 2 rings (SSSR count). The Bertz CT molecular complexity index is 491. The van der Waals surface area contributed by atoms with Crippen LogP contribution in [0.5, 0.6) is 0 Å². The molecule has 0 spiro atoms. The molecule has 1 amide bonds. The Labute approximate surface area is 130 Å². The monoisotopic (exact) mass is 309 g/mol. The van der Waals surface area contributed by atoms with Gasteiger partial charge < -0.3 is 25.0 Å². The van der Waals surface area contributed by atoms with Crippen LogP contribution in [0.25, 0.3) is 0 Å². The molecule has 0 saturated carbocycles. The summed E-state index contributed by atoms with van der Waals surface area (Å²) in [5.41, 5.74) is 0.998. The molecule has 0 radical (unpaired) electrons. The van der Waals surface area contributed by atoms with E-state index in [-0.39, 0.29) is 19.1 Å². The average Bonchev–Trinajstić information content (AvgIpc) is 2.58. The van der Waals surface area contributed by atoms with Crippen LogP contribution in [0.15, 0.2) is 30.3 Å². The summed E-state index contributed by atoms with van der Waals surface area (Å²) in [5.74, 6) is -1.16. The number of benzene rings is 1. The second-order valence-electron chi connectivity index (χ2n) is 6.00. The summed E-state index contributed by atoms with van der Waals surface area (Å²) in [6, 6.07) is 9.12. The fraction of sp³-hybridized carbons (Fsp3) is 0.562. The molecule has 6 heteroatoms. The fourth-order valence-corrected chi connectivity index (χ4v) is 2.58. The van der Waals surface area contributed by atoms with Crippen LogP contribution in [0.1, 0.15) is 19.4 Å². The van der Waals surface area contributed by atoms with Crippen molar-refractivity contribution in [3.63, 3.8) is 0 Å². The molecule has 1 aromatic rings. The normalized spacial score (nSPS) is 26.0. The van der Waals surface area contributed by atoms with Crippen molar-refractivity contribution in [2.24, 2.45) is 5.92 Å². The number of carboxylic acid groups (broad SMARTS) is 1. The molecule has 0 aromatic heterocycles. The molecule has 0 bridgehead atoms. The molecule has 1 aromatic carbocycles. The summed E-state index contributed by atoms with van der Waals surface area (Å²) in [5, 5.41) is 21.9. The summed E-state index contributed by atoms with van der Waals surface area (Å²) in [7, 11) is 0. The highest BCUT2D eigenvalue weighted by Gasteiger charge is 2.36. The van der Waals surface area contributed by atoms with Gasteiger partial charge in [-0.25, -0.2) is 4.79 Å². The van der Waals surface area contributed by atoms with Crippen molar-refractivity contribution in [1.82, 2.24) is 5.32 Å². The zero-order valence-electron chi connectivity index (χ0n) is 12.9. The van der Waals surface area contributed by atoms with Gasteiger partial charge in [0.15, 0.2) is 5.79 Å². The first-order valence-corrected chi connectivity index (χ1v) is 7.37. The largest absolute Gasteiger partial charge is 0.465 e. The fourth-order valence-electron chi connectivity index (χ4n) is 2.58. The van der Waals surface area contributed by atoms with Crippen LogP contribution in [0.3, 0.4) is 0 Å². The summed E-state index contributed by atoms with van der Waals surface area (Å²) >= 11 is 0. The summed E-state index contributed by atoms with van der Waals surface area (Å²) in [6.45, 7) is 3.90. The van der Waals surface area contributed by atoms with E-state index in [4.69, 9.17) is 14.6 Å². The zero-order valence-corrected chi connectivity index (χ0v) is 12.9. The maximum Gasteiger partial charge on any atom is 0.404 e. The molecular weight excluding hydrogens is 286 g/mol. The lowest BCUT2D eigenvalue weighted by molar-refractivity contribution is -0.204. The maximum atomic E-state index is 11.1. The maximum absolute atomic E-state index is 11.1. The number of hydrogen-bond donors (Lipinski definition) is 3. The lowest BCUT2D eigenvalue weighted by atomic mass is 9.90. The minimum absolute atomic E-state index is 0.115. The van der Waals surface area contributed by atoms with E-state index in [1.165, 1.54) is 0 Å². The van der Waals surface area contributed by atoms with Gasteiger partial charge in [0.25, 0.3) is 0 Å². The van der Waals surface area contributed by atoms with Crippen molar-refractivity contribution >= 4 is 6.09 Å². The number of rotatable bonds is 4. The minimum atomic E-state index is -1.11. The van der Waals surface area contributed by atoms with E-state index in [1.807, 2.05) is 30.3 Å². The van der Waals surface area contributed by atoms with E-state index < -0.39 is 24.0 Å². The van der Waals surface area contributed by atoms with E-state index in [0.29, 0.717) is 6.42 Å². The molecule has 122 valence electrons. The molecule has 1 fully saturated rings. The van der Waals surface area contributed by atoms with E-state index in [2.05, 4.69) is 5.32 Å². The van der Waals surface area contributed by atoms with Crippen LogP contribution in [-0.2, 0) is 15.9 Å². The summed E-state index contributed by atoms with van der Waals surface area (Å²) in [4.78, 5) is 11.1. The van der Waals surface area contributed by atoms with Gasteiger partial charge in [-0.15, -0.1) is 0 Å². The second kappa shape index (κ2) is 7.09. The molecular formula is C16H23NO5. The Balaban J connectivity index is 2.14. The standard InChI is InChI=1S/C16H23NO5/c1-16(2)21-9-12(14(18)10-22-16)13(17-15(19)20)8-11-6-4-3-5-7-11/h3-7,12-14,17-18H,8-10H2,1-2H3,(H,19,20). The van der Waals surface area contributed by atoms with E-state index in [0.717, 1.165) is 5.56 Å². The van der Waals surface area contributed by atoms with Crippen LogP contribution >= 0.6 is 0 Å². The molecule has 3 N–H and O–H groups in total. The Hall–Kier alpha value is -1.63. The van der Waals surface area contributed by atoms with E-state index in [1.54, 1.807) is 13.8 Å². The van der Waals surface area contributed by atoms with Gasteiger partial charge >= 0.3 is 6.09 Å². The molecule has 3 atom stereocenters. The minimum Gasteiger partial charge on any atom is -0.465 e. The van der Waals surface area contributed by atoms with Crippen LogP contribution in [-0.4, -0.2) is 47.5 Å². The van der Waals surface area contributed by atoms with Gasteiger partial charge in [0.1, 0.15) is 0 Å². The molecule has 0 aliphatic carbocycles. The smallest absolute Gasteiger partial charge is 0.404 e. The third-order valence-corrected chi connectivity index (χ3v) is 3.84. The van der Waals surface area contributed by atoms with E-state index in [9.17, 15) is 9.90 Å². The van der Waals surface area contributed by atoms with Crippen molar-refractivity contribution in [2.75, 3.05) is 13.2 Å². The summed E-state index contributed by atoms with van der Waals surface area (Å²) < 4.78 is 11.1. The number of hydrogen-bond acceptors (Lipinski definition) is 4. The molecule has 1 aliphatic heterocycles. The van der Waals surface area contributed by atoms with E-state index >= 15 is 0 Å². The van der Waals surface area contributed by atoms with Gasteiger partial charge in [0.2, 0.25) is 0 Å². The predicted octanol–water partition coefficient (Wildman–Crippen LogP) is 1.63. The Morgan fingerprint density at radius 1 is 1.32 bits per heavy atom. The third kappa shape index (κ3) is 4.69. The van der Waals surface area contributed by atoms with Crippen LogP contribution in [0.2, 0.25) is 0 Å². The molecule has 1 heterocycles. The van der Waals surface area contributed by atoms with Gasteiger partial charge in [-0.1, -0.05) is 30.3 Å². The number of ether oxygens (including phenoxy) is 2. The lowest BCUT2D eigenvalue weighted by Gasteiger charge is -2.29. The highest BCUT2D eigenvalue weighted by molar-refractivity contribution is 5.65. The second-order valence-corrected chi connectivity index (χ2v) is 6.00. The Morgan fingerprint density at radius 2 is 1.95 bits per heavy atom. The first-order valence-electron chi connectivity index (χ1n) is 7.37. The quantitative estimate of drug-likeness (QED) is 0.786. The topological polar surface area (TPSA) is 88.0 Å². The number of aliphatic hydroxyl groups excluding tert-OH is 1. The number of carbonyl (C=O) groups is 1. The summed E-state index contributed by atoms with van der Waals surface area (Å²) in [6.07, 6.45) is -1.42. The Kier molecular flexibility index (Phi) is 5.39. The molecule has 1 aliphatic rings. The number of amides is 1. The van der Waals surface area contributed by atoms with Crippen LogP contribution in [0.4, 0.5) is 4.79 Å². The van der Waals surface area contributed by atoms with Gasteiger partial charge in [-0.05, 0) is 25.8 Å². The van der Waals surface area contributed by atoms with Gasteiger partial charge in [0, 0.05) is 12.0 Å². The van der Waals surface area contributed by atoms with Gasteiger partial charge in [0.05, 0.1) is 19.3 Å². The van der Waals surface area contributed by atoms with Crippen molar-refractivity contribution in [2.45, 2.75) is 38.2 Å². The van der Waals surface area contributed by atoms with Crippen molar-refractivity contribution in [3.05, 3.63) is 35.9 Å². The third-order valence-electron chi connectivity index (χ3n) is 3.84. The number of aliphatic hydroxyl groups is 1. The van der Waals surface area contributed by atoms with Gasteiger partial charge in [-0.2, -0.15) is 0 Å². The van der Waals surface area contributed by atoms with Crippen molar-refractivity contribution in [3.8, 4) is 0 Å². The molecule has 1 saturated heterocycles. The SMILES string of the molecule is CC1(C)OCC(O)C(C(Cc2ccccc2)NC(=O)O)CO1. The Morgan fingerprint density at radius 3 is 2.59 bits per heavy atom. The first-order chi connectivity index (χ1) is 10.4. The predicted molar refractivity (Wildman–Crippen MR) is 80.6 cm³/mol. The highest BCUT2D eigenvalue weighted by Crippen LogP contribution is 2.24. The number of nitrogens with one attached hydrogen (secondary N) is 1. The van der Waals surface area contributed by atoms with Crippen LogP contribution < -0.4 is 5.32 Å².